The maximum Gasteiger partial charge on any atom is 0.293 e. The van der Waals surface area contributed by atoms with Gasteiger partial charge in [0, 0.05) is 5.56 Å². The molecule has 0 saturated carbocycles. The van der Waals surface area contributed by atoms with Crippen molar-refractivity contribution < 1.29 is 9.90 Å². The molecule has 0 radical (unpaired) electrons. The Bertz CT molecular complexity index is 413. The molecule has 0 saturated heterocycles. The summed E-state index contributed by atoms with van der Waals surface area (Å²) in [5.74, 6) is 4.24. The molecule has 0 bridgehead atoms. The first kappa shape index (κ1) is 10.3. The second-order valence-corrected chi connectivity index (χ2v) is 2.91. The van der Waals surface area contributed by atoms with E-state index in [4.69, 9.17) is 10.8 Å². The van der Waals surface area contributed by atoms with Gasteiger partial charge >= 0.3 is 0 Å². The van der Waals surface area contributed by atoms with Crippen LogP contribution in [0.15, 0.2) is 18.2 Å². The molecule has 0 spiro atoms. The number of primary amides is 1. The lowest BCUT2D eigenvalue weighted by Crippen LogP contribution is -2.06. The van der Waals surface area contributed by atoms with E-state index in [1.54, 1.807) is 12.1 Å². The van der Waals surface area contributed by atoms with Gasteiger partial charge in [-0.05, 0) is 36.1 Å². The summed E-state index contributed by atoms with van der Waals surface area (Å²) in [6, 6.07) is 5.33. The third-order valence-corrected chi connectivity index (χ3v) is 1.84. The Hall–Kier alpha value is -1.79. The number of hydrogen-bond acceptors (Lipinski definition) is 2. The van der Waals surface area contributed by atoms with Gasteiger partial charge in [-0.3, -0.25) is 4.79 Å². The summed E-state index contributed by atoms with van der Waals surface area (Å²) >= 11 is 0. The summed E-state index contributed by atoms with van der Waals surface area (Å²) in [6.45, 7) is 1.89. The monoisotopic (exact) mass is 189 g/mol. The van der Waals surface area contributed by atoms with Crippen LogP contribution < -0.4 is 5.73 Å². The van der Waals surface area contributed by atoms with E-state index in [0.717, 1.165) is 16.7 Å². The van der Waals surface area contributed by atoms with Gasteiger partial charge in [-0.15, -0.1) is 0 Å². The number of nitrogens with two attached hydrogens (primary N) is 1. The Morgan fingerprint density at radius 1 is 1.57 bits per heavy atom. The van der Waals surface area contributed by atoms with Crippen LogP contribution in [0.4, 0.5) is 0 Å². The van der Waals surface area contributed by atoms with Crippen LogP contribution in [-0.2, 0) is 11.4 Å². The number of hydrogen-bond donors (Lipinski definition) is 2. The second kappa shape index (κ2) is 4.45. The van der Waals surface area contributed by atoms with Crippen LogP contribution in [0.5, 0.6) is 0 Å². The molecule has 1 amide bonds. The van der Waals surface area contributed by atoms with E-state index < -0.39 is 5.91 Å². The zero-order valence-electron chi connectivity index (χ0n) is 7.87. The van der Waals surface area contributed by atoms with Crippen molar-refractivity contribution in [2.75, 3.05) is 0 Å². The number of aliphatic hydroxyl groups is 1. The summed E-state index contributed by atoms with van der Waals surface area (Å²) in [5, 5.41) is 8.92. The van der Waals surface area contributed by atoms with Crippen molar-refractivity contribution in [2.24, 2.45) is 5.73 Å². The Morgan fingerprint density at radius 2 is 2.29 bits per heavy atom. The first-order valence-corrected chi connectivity index (χ1v) is 4.15. The van der Waals surface area contributed by atoms with E-state index in [0.29, 0.717) is 0 Å². The van der Waals surface area contributed by atoms with Crippen LogP contribution in [0.1, 0.15) is 16.7 Å². The number of carbonyl (C=O) groups is 1. The summed E-state index contributed by atoms with van der Waals surface area (Å²) in [4.78, 5) is 10.4. The Labute approximate surface area is 82.6 Å². The average molecular weight is 189 g/mol. The molecule has 72 valence electrons. The minimum atomic E-state index is -0.645. The molecule has 0 unspecified atom stereocenters. The molecule has 0 aliphatic rings. The van der Waals surface area contributed by atoms with Gasteiger partial charge in [-0.2, -0.15) is 0 Å². The average Bonchev–Trinajstić information content (AvgIpc) is 2.15. The minimum absolute atomic E-state index is 0.00929. The van der Waals surface area contributed by atoms with E-state index in [2.05, 4.69) is 11.8 Å². The van der Waals surface area contributed by atoms with Gasteiger partial charge in [0.1, 0.15) is 0 Å². The summed E-state index contributed by atoms with van der Waals surface area (Å²) < 4.78 is 0. The topological polar surface area (TPSA) is 63.3 Å². The molecule has 1 rings (SSSR count). The van der Waals surface area contributed by atoms with Crippen LogP contribution in [-0.4, -0.2) is 11.0 Å². The number of aliphatic hydroxyl groups excluding tert-OH is 1. The fourth-order valence-corrected chi connectivity index (χ4v) is 1.08. The number of rotatable bonds is 1. The highest BCUT2D eigenvalue weighted by Crippen LogP contribution is 2.09. The summed E-state index contributed by atoms with van der Waals surface area (Å²) in [7, 11) is 0. The van der Waals surface area contributed by atoms with E-state index >= 15 is 0 Å². The van der Waals surface area contributed by atoms with Gasteiger partial charge in [0.2, 0.25) is 0 Å². The Morgan fingerprint density at radius 3 is 2.79 bits per heavy atom. The molecule has 3 N–H and O–H groups in total. The van der Waals surface area contributed by atoms with Crippen LogP contribution >= 0.6 is 0 Å². The molecule has 0 atom stereocenters. The predicted octanol–water partition coefficient (Wildman–Crippen LogP) is 0.324. The van der Waals surface area contributed by atoms with Gasteiger partial charge in [0.05, 0.1) is 6.61 Å². The largest absolute Gasteiger partial charge is 0.392 e. The Balaban J connectivity index is 2.99. The van der Waals surface area contributed by atoms with Gasteiger partial charge in [-0.25, -0.2) is 0 Å². The lowest BCUT2D eigenvalue weighted by molar-refractivity contribution is -0.112. The van der Waals surface area contributed by atoms with Crippen LogP contribution in [0.2, 0.25) is 0 Å². The molecule has 3 nitrogen and oxygen atoms in total. The van der Waals surface area contributed by atoms with E-state index in [1.165, 1.54) is 0 Å². The van der Waals surface area contributed by atoms with Crippen molar-refractivity contribution in [1.82, 2.24) is 0 Å². The summed E-state index contributed by atoms with van der Waals surface area (Å²) in [6.07, 6.45) is 0. The Kier molecular flexibility index (Phi) is 3.27. The highest BCUT2D eigenvalue weighted by Gasteiger charge is 1.96. The van der Waals surface area contributed by atoms with Gasteiger partial charge in [0.15, 0.2) is 0 Å². The van der Waals surface area contributed by atoms with Crippen molar-refractivity contribution in [3.05, 3.63) is 34.9 Å². The third-order valence-electron chi connectivity index (χ3n) is 1.84. The number of amides is 1. The summed E-state index contributed by atoms with van der Waals surface area (Å²) in [5.41, 5.74) is 7.41. The van der Waals surface area contributed by atoms with Gasteiger partial charge in [-0.1, -0.05) is 12.0 Å². The highest BCUT2D eigenvalue weighted by atomic mass is 16.3. The molecule has 3 heteroatoms. The van der Waals surface area contributed by atoms with Crippen LogP contribution in [0, 0.1) is 18.8 Å². The smallest absolute Gasteiger partial charge is 0.293 e. The van der Waals surface area contributed by atoms with Gasteiger partial charge < -0.3 is 10.8 Å². The van der Waals surface area contributed by atoms with Crippen molar-refractivity contribution in [1.29, 1.82) is 0 Å². The first-order chi connectivity index (χ1) is 6.63. The number of carbonyl (C=O) groups excluding carboxylic acids is 1. The van der Waals surface area contributed by atoms with Crippen molar-refractivity contribution in [3.63, 3.8) is 0 Å². The number of benzene rings is 1. The molecule has 0 aromatic heterocycles. The zero-order valence-corrected chi connectivity index (χ0v) is 7.87. The van der Waals surface area contributed by atoms with Crippen molar-refractivity contribution in [3.8, 4) is 11.8 Å². The number of aryl methyl sites for hydroxylation is 1. The molecular formula is C11H11NO2. The minimum Gasteiger partial charge on any atom is -0.392 e. The first-order valence-electron chi connectivity index (χ1n) is 4.15. The molecule has 1 aromatic carbocycles. The van der Waals surface area contributed by atoms with Gasteiger partial charge in [0.25, 0.3) is 5.91 Å². The maximum absolute atomic E-state index is 10.4. The molecule has 1 aromatic rings. The molecular weight excluding hydrogens is 178 g/mol. The SMILES string of the molecule is Cc1cc(C#CC(N)=O)ccc1CO. The predicted molar refractivity (Wildman–Crippen MR) is 53.2 cm³/mol. The fraction of sp³-hybridized carbons (Fsp3) is 0.182. The van der Waals surface area contributed by atoms with Crippen molar-refractivity contribution in [2.45, 2.75) is 13.5 Å². The van der Waals surface area contributed by atoms with E-state index in [1.807, 2.05) is 13.0 Å². The third kappa shape index (κ3) is 2.61. The second-order valence-electron chi connectivity index (χ2n) is 2.91. The lowest BCUT2D eigenvalue weighted by Gasteiger charge is -2.01. The molecule has 0 aliphatic carbocycles. The molecule has 0 heterocycles. The fourth-order valence-electron chi connectivity index (χ4n) is 1.08. The van der Waals surface area contributed by atoms with E-state index in [-0.39, 0.29) is 6.61 Å². The lowest BCUT2D eigenvalue weighted by atomic mass is 10.1. The standard InChI is InChI=1S/C11H11NO2/c1-8-6-9(3-5-11(12)14)2-4-10(8)7-13/h2,4,6,13H,7H2,1H3,(H2,12,14). The van der Waals surface area contributed by atoms with Crippen LogP contribution in [0.3, 0.4) is 0 Å². The maximum atomic E-state index is 10.4. The molecule has 14 heavy (non-hydrogen) atoms. The molecule has 0 aliphatic heterocycles. The normalized spacial score (nSPS) is 9.00. The van der Waals surface area contributed by atoms with E-state index in [9.17, 15) is 4.79 Å². The van der Waals surface area contributed by atoms with Crippen molar-refractivity contribution >= 4 is 5.91 Å². The molecule has 0 fully saturated rings. The van der Waals surface area contributed by atoms with Crippen LogP contribution in [0.25, 0.3) is 0 Å². The zero-order chi connectivity index (χ0) is 10.6. The quantitative estimate of drug-likeness (QED) is 0.625. The highest BCUT2D eigenvalue weighted by molar-refractivity contribution is 5.92.